The van der Waals surface area contributed by atoms with Crippen LogP contribution in [0.3, 0.4) is 0 Å². The summed E-state index contributed by atoms with van der Waals surface area (Å²) in [4.78, 5) is 55.2. The van der Waals surface area contributed by atoms with Gasteiger partial charge in [0.1, 0.15) is 11.4 Å². The summed E-state index contributed by atoms with van der Waals surface area (Å²) in [5, 5.41) is 4.60. The van der Waals surface area contributed by atoms with Gasteiger partial charge in [-0.3, -0.25) is 19.2 Å². The quantitative estimate of drug-likeness (QED) is 0.313. The first kappa shape index (κ1) is 23.3. The second-order valence-corrected chi connectivity index (χ2v) is 10.5. The second kappa shape index (κ2) is 7.99. The number of ketones is 2. The molecule has 41 heavy (non-hydrogen) atoms. The molecule has 7 nitrogen and oxygen atoms in total. The number of nitrogens with one attached hydrogen (secondary N) is 1. The number of benzene rings is 4. The van der Waals surface area contributed by atoms with Crippen LogP contribution in [0, 0.1) is 0 Å². The van der Waals surface area contributed by atoms with E-state index in [2.05, 4.69) is 5.32 Å². The van der Waals surface area contributed by atoms with Gasteiger partial charge in [-0.15, -0.1) is 0 Å². The number of rotatable bonds is 2. The topological polar surface area (TPSA) is 90.2 Å². The zero-order valence-electron chi connectivity index (χ0n) is 22.1. The molecule has 2 aromatic heterocycles. The highest BCUT2D eigenvalue weighted by molar-refractivity contribution is 6.28. The Bertz CT molecular complexity index is 2180. The molecule has 0 fully saturated rings. The van der Waals surface area contributed by atoms with Crippen molar-refractivity contribution in [2.24, 2.45) is 14.1 Å². The SMILES string of the molecule is Cn1c(=O)c(Nc2c3c4c(cccc4n(C)c2=O)C(=O)c2ccccc2-3)c2c3c(cccc31)C(=O)c1ccccc1-2. The van der Waals surface area contributed by atoms with E-state index >= 15 is 0 Å². The number of hydrogen-bond acceptors (Lipinski definition) is 5. The van der Waals surface area contributed by atoms with Crippen molar-refractivity contribution in [2.45, 2.75) is 0 Å². The fourth-order valence-corrected chi connectivity index (χ4v) is 6.55. The lowest BCUT2D eigenvalue weighted by atomic mass is 9.82. The molecule has 0 unspecified atom stereocenters. The number of anilines is 2. The summed E-state index contributed by atoms with van der Waals surface area (Å²) in [6.45, 7) is 0. The van der Waals surface area contributed by atoms with Gasteiger partial charge < -0.3 is 14.5 Å². The largest absolute Gasteiger partial charge is 0.345 e. The summed E-state index contributed by atoms with van der Waals surface area (Å²) in [5.41, 5.74) is 5.39. The molecule has 2 aliphatic rings. The number of fused-ring (bicyclic) bond motifs is 4. The molecule has 2 aliphatic carbocycles. The highest BCUT2D eigenvalue weighted by atomic mass is 16.1. The van der Waals surface area contributed by atoms with Gasteiger partial charge in [-0.05, 0) is 23.3 Å². The molecule has 0 aliphatic heterocycles. The van der Waals surface area contributed by atoms with Crippen molar-refractivity contribution >= 4 is 44.7 Å². The molecule has 0 spiro atoms. The predicted molar refractivity (Wildman–Crippen MR) is 159 cm³/mol. The van der Waals surface area contributed by atoms with E-state index in [0.717, 1.165) is 0 Å². The van der Waals surface area contributed by atoms with Crippen LogP contribution >= 0.6 is 0 Å². The van der Waals surface area contributed by atoms with Gasteiger partial charge in [-0.1, -0.05) is 72.8 Å². The first-order chi connectivity index (χ1) is 19.9. The van der Waals surface area contributed by atoms with E-state index in [9.17, 15) is 19.2 Å². The maximum absolute atomic E-state index is 14.1. The third kappa shape index (κ3) is 2.87. The molecule has 1 N–H and O–H groups in total. The van der Waals surface area contributed by atoms with Crippen LogP contribution in [0.25, 0.3) is 44.1 Å². The lowest BCUT2D eigenvalue weighted by Crippen LogP contribution is -2.28. The molecule has 0 saturated carbocycles. The Morgan fingerprint density at radius 1 is 0.463 bits per heavy atom. The number of pyridine rings is 2. The van der Waals surface area contributed by atoms with Crippen LogP contribution in [0.2, 0.25) is 0 Å². The summed E-state index contributed by atoms with van der Waals surface area (Å²) in [6, 6.07) is 25.2. The number of carbonyl (C=O) groups excluding carboxylic acids is 2. The number of hydrogen-bond donors (Lipinski definition) is 1. The molecule has 7 heteroatoms. The molecule has 4 aromatic carbocycles. The summed E-state index contributed by atoms with van der Waals surface area (Å²) in [6.07, 6.45) is 0. The molecule has 0 saturated heterocycles. The highest BCUT2D eigenvalue weighted by Gasteiger charge is 2.33. The van der Waals surface area contributed by atoms with Crippen molar-refractivity contribution in [2.75, 3.05) is 5.32 Å². The predicted octanol–water partition coefficient (Wildman–Crippen LogP) is 5.56. The third-order valence-corrected chi connectivity index (χ3v) is 8.47. The van der Waals surface area contributed by atoms with E-state index in [-0.39, 0.29) is 34.1 Å². The van der Waals surface area contributed by atoms with Crippen molar-refractivity contribution in [3.63, 3.8) is 0 Å². The van der Waals surface area contributed by atoms with Gasteiger partial charge >= 0.3 is 0 Å². The Morgan fingerprint density at radius 3 is 1.24 bits per heavy atom. The number of carbonyl (C=O) groups is 2. The Labute approximate surface area is 232 Å². The molecule has 6 aromatic rings. The normalized spacial score (nSPS) is 12.9. The third-order valence-electron chi connectivity index (χ3n) is 8.47. The Balaban J connectivity index is 1.53. The molecule has 0 amide bonds. The monoisotopic (exact) mass is 535 g/mol. The number of aryl methyl sites for hydroxylation is 2. The molecule has 0 bridgehead atoms. The van der Waals surface area contributed by atoms with Crippen LogP contribution in [0.4, 0.5) is 11.4 Å². The summed E-state index contributed by atoms with van der Waals surface area (Å²) in [5.74, 6) is -0.228. The lowest BCUT2D eigenvalue weighted by molar-refractivity contribution is 0.103. The van der Waals surface area contributed by atoms with Crippen LogP contribution < -0.4 is 16.4 Å². The molecule has 196 valence electrons. The van der Waals surface area contributed by atoms with E-state index in [1.165, 1.54) is 9.13 Å². The molecule has 0 radical (unpaired) electrons. The number of nitrogens with zero attached hydrogens (tertiary/aromatic N) is 2. The fraction of sp³-hybridized carbons (Fsp3) is 0.0588. The average molecular weight is 536 g/mol. The Morgan fingerprint density at radius 2 is 0.829 bits per heavy atom. The van der Waals surface area contributed by atoms with Gasteiger partial charge in [0.25, 0.3) is 11.1 Å². The van der Waals surface area contributed by atoms with Crippen LogP contribution in [0.15, 0.2) is 94.5 Å². The van der Waals surface area contributed by atoms with Gasteiger partial charge in [-0.25, -0.2) is 0 Å². The average Bonchev–Trinajstić information content (AvgIpc) is 3.00. The fourth-order valence-electron chi connectivity index (χ4n) is 6.55. The molecular weight excluding hydrogens is 514 g/mol. The first-order valence-corrected chi connectivity index (χ1v) is 13.2. The molecule has 2 heterocycles. The Hall–Kier alpha value is -5.56. The van der Waals surface area contributed by atoms with Crippen LogP contribution in [-0.4, -0.2) is 20.7 Å². The van der Waals surface area contributed by atoms with E-state index in [1.807, 2.05) is 36.4 Å². The molecular formula is C34H21N3O4. The van der Waals surface area contributed by atoms with Crippen molar-refractivity contribution < 1.29 is 9.59 Å². The summed E-state index contributed by atoms with van der Waals surface area (Å²) < 4.78 is 3.01. The minimum atomic E-state index is -0.336. The van der Waals surface area contributed by atoms with E-state index < -0.39 is 0 Å². The van der Waals surface area contributed by atoms with Gasteiger partial charge in [0.15, 0.2) is 11.6 Å². The van der Waals surface area contributed by atoms with Gasteiger partial charge in [0, 0.05) is 58.2 Å². The van der Waals surface area contributed by atoms with Crippen molar-refractivity contribution in [3.05, 3.63) is 128 Å². The smallest absolute Gasteiger partial charge is 0.275 e. The lowest BCUT2D eigenvalue weighted by Gasteiger charge is -2.26. The van der Waals surface area contributed by atoms with E-state index in [1.54, 1.807) is 62.6 Å². The van der Waals surface area contributed by atoms with E-state index in [0.29, 0.717) is 66.3 Å². The highest BCUT2D eigenvalue weighted by Crippen LogP contribution is 2.46. The van der Waals surface area contributed by atoms with Crippen molar-refractivity contribution in [1.82, 2.24) is 9.13 Å². The van der Waals surface area contributed by atoms with Crippen molar-refractivity contribution in [3.8, 4) is 22.3 Å². The molecule has 0 atom stereocenters. The minimum Gasteiger partial charge on any atom is -0.345 e. The van der Waals surface area contributed by atoms with Gasteiger partial charge in [0.2, 0.25) is 0 Å². The maximum Gasteiger partial charge on any atom is 0.275 e. The minimum absolute atomic E-state index is 0.114. The second-order valence-electron chi connectivity index (χ2n) is 10.5. The Kier molecular flexibility index (Phi) is 4.55. The summed E-state index contributed by atoms with van der Waals surface area (Å²) in [7, 11) is 3.33. The summed E-state index contributed by atoms with van der Waals surface area (Å²) >= 11 is 0. The molecule has 8 rings (SSSR count). The van der Waals surface area contributed by atoms with Crippen LogP contribution in [-0.2, 0) is 14.1 Å². The van der Waals surface area contributed by atoms with Gasteiger partial charge in [0.05, 0.1) is 11.0 Å². The first-order valence-electron chi connectivity index (χ1n) is 13.2. The zero-order chi connectivity index (χ0) is 28.2. The van der Waals surface area contributed by atoms with Crippen LogP contribution in [0.1, 0.15) is 31.8 Å². The standard InChI is InChI=1S/C34H21N3O4/c1-36-23-15-7-13-21-25(23)27(17-9-3-5-11-19(17)31(21)38)29(33(36)40)35-30-28-18-10-4-6-12-20(18)32(39)22-14-8-16-24(26(22)28)37(2)34(30)41/h3-16,35H,1-2H3. The van der Waals surface area contributed by atoms with Gasteiger partial charge in [-0.2, -0.15) is 0 Å². The van der Waals surface area contributed by atoms with Crippen LogP contribution in [0.5, 0.6) is 0 Å². The maximum atomic E-state index is 14.1. The number of aromatic nitrogens is 2. The van der Waals surface area contributed by atoms with Crippen molar-refractivity contribution in [1.29, 1.82) is 0 Å². The zero-order valence-corrected chi connectivity index (χ0v) is 22.1. The van der Waals surface area contributed by atoms with E-state index in [4.69, 9.17) is 0 Å².